The summed E-state index contributed by atoms with van der Waals surface area (Å²) in [7, 11) is 6.16. The molecule has 0 saturated carbocycles. The molecule has 0 N–H and O–H groups in total. The van der Waals surface area contributed by atoms with Crippen LogP contribution in [0.2, 0.25) is 0 Å². The van der Waals surface area contributed by atoms with Crippen LogP contribution < -0.4 is 17.0 Å². The Hall–Kier alpha value is -0.350. The smallest absolute Gasteiger partial charge is 0.330 e. The van der Waals surface area contributed by atoms with Crippen molar-refractivity contribution in [2.75, 3.05) is 27.7 Å². The first-order valence-corrected chi connectivity index (χ1v) is 3.98. The monoisotopic (exact) mass is 251 g/mol. The van der Waals surface area contributed by atoms with Gasteiger partial charge in [0, 0.05) is 6.08 Å². The molecule has 1 atom stereocenters. The van der Waals surface area contributed by atoms with Gasteiger partial charge in [0.15, 0.2) is 0 Å². The minimum atomic E-state index is -0.351. The van der Waals surface area contributed by atoms with Crippen LogP contribution in [0, 0.1) is 0 Å². The summed E-state index contributed by atoms with van der Waals surface area (Å²) in [5, 5.41) is 0. The van der Waals surface area contributed by atoms with Crippen LogP contribution in [0.1, 0.15) is 6.92 Å². The van der Waals surface area contributed by atoms with Crippen LogP contribution >= 0.6 is 0 Å². The predicted octanol–water partition coefficient (Wildman–Crippen LogP) is -2.19. The van der Waals surface area contributed by atoms with Crippen molar-refractivity contribution in [3.8, 4) is 0 Å². The zero-order chi connectivity index (χ0) is 9.78. The van der Waals surface area contributed by atoms with Crippen molar-refractivity contribution in [2.45, 2.75) is 13.0 Å². The molecule has 3 nitrogen and oxygen atoms in total. The van der Waals surface area contributed by atoms with E-state index in [0.717, 1.165) is 11.0 Å². The molecule has 4 heteroatoms. The van der Waals surface area contributed by atoms with Crippen LogP contribution in [0.25, 0.3) is 0 Å². The van der Waals surface area contributed by atoms with Gasteiger partial charge in [-0.25, -0.2) is 4.79 Å². The van der Waals surface area contributed by atoms with E-state index in [9.17, 15) is 4.79 Å². The molecule has 1 unspecified atom stereocenters. The topological polar surface area (TPSA) is 26.3 Å². The molecule has 0 aliphatic rings. The molecule has 0 radical (unpaired) electrons. The number of carbonyl (C=O) groups excluding carboxylic acids is 1. The number of esters is 1. The maximum Gasteiger partial charge on any atom is 0.330 e. The lowest BCUT2D eigenvalue weighted by Gasteiger charge is -2.26. The molecule has 0 aromatic rings. The summed E-state index contributed by atoms with van der Waals surface area (Å²) < 4.78 is 5.79. The number of hydrogen-bond acceptors (Lipinski definition) is 2. The average molecular weight is 252 g/mol. The lowest BCUT2D eigenvalue weighted by atomic mass is 10.3. The van der Waals surface area contributed by atoms with E-state index >= 15 is 0 Å². The molecule has 78 valence electrons. The van der Waals surface area contributed by atoms with Gasteiger partial charge in [-0.15, -0.1) is 0 Å². The van der Waals surface area contributed by atoms with Crippen LogP contribution in [0.5, 0.6) is 0 Å². The summed E-state index contributed by atoms with van der Waals surface area (Å²) in [6.45, 7) is 6.02. The molecule has 0 aliphatic carbocycles. The van der Waals surface area contributed by atoms with E-state index in [0.29, 0.717) is 0 Å². The van der Waals surface area contributed by atoms with Gasteiger partial charge in [0.25, 0.3) is 0 Å². The van der Waals surface area contributed by atoms with Gasteiger partial charge >= 0.3 is 5.97 Å². The molecule has 0 saturated heterocycles. The van der Waals surface area contributed by atoms with Gasteiger partial charge in [-0.1, -0.05) is 6.58 Å². The molecule has 0 heterocycles. The fourth-order valence-corrected chi connectivity index (χ4v) is 1.05. The highest BCUT2D eigenvalue weighted by Crippen LogP contribution is 1.99. The highest BCUT2D eigenvalue weighted by molar-refractivity contribution is 5.81. The van der Waals surface area contributed by atoms with E-state index in [1.807, 2.05) is 6.92 Å². The molecule has 13 heavy (non-hydrogen) atoms. The highest BCUT2D eigenvalue weighted by Gasteiger charge is 2.15. The third kappa shape index (κ3) is 9.56. The zero-order valence-corrected chi connectivity index (χ0v) is 10.3. The van der Waals surface area contributed by atoms with Crippen LogP contribution in [0.15, 0.2) is 12.7 Å². The second kappa shape index (κ2) is 6.16. The Morgan fingerprint density at radius 3 is 2.31 bits per heavy atom. The van der Waals surface area contributed by atoms with E-state index in [2.05, 4.69) is 27.7 Å². The maximum absolute atomic E-state index is 10.8. The quantitative estimate of drug-likeness (QED) is 0.323. The Labute approximate surface area is 90.7 Å². The molecule has 0 spiro atoms. The summed E-state index contributed by atoms with van der Waals surface area (Å²) in [5.41, 5.74) is 0. The minimum Gasteiger partial charge on any atom is -1.00 e. The summed E-state index contributed by atoms with van der Waals surface area (Å²) in [5.74, 6) is -0.351. The van der Waals surface area contributed by atoms with Gasteiger partial charge in [0.2, 0.25) is 0 Å². The van der Waals surface area contributed by atoms with Crippen molar-refractivity contribution < 1.29 is 31.0 Å². The van der Waals surface area contributed by atoms with E-state index in [4.69, 9.17) is 4.74 Å². The van der Waals surface area contributed by atoms with Crippen molar-refractivity contribution in [1.82, 2.24) is 0 Å². The number of halogens is 1. The van der Waals surface area contributed by atoms with Gasteiger partial charge in [-0.2, -0.15) is 0 Å². The zero-order valence-electron chi connectivity index (χ0n) is 8.71. The molecule has 0 bridgehead atoms. The standard InChI is InChI=1S/C9H18NO2.BrH/c1-6-9(11)12-8(2)7-10(3,4)5;/h6,8H,1,7H2,2-5H3;1H/q+1;/p-1. The second-order valence-corrected chi connectivity index (χ2v) is 3.92. The van der Waals surface area contributed by atoms with Gasteiger partial charge in [0.05, 0.1) is 21.1 Å². The SMILES string of the molecule is C=CC(=O)OC(C)C[N+](C)(C)C.[Br-]. The van der Waals surface area contributed by atoms with E-state index in [1.165, 1.54) is 6.08 Å². The summed E-state index contributed by atoms with van der Waals surface area (Å²) >= 11 is 0. The lowest BCUT2D eigenvalue weighted by Crippen LogP contribution is -3.00. The first-order chi connectivity index (χ1) is 5.35. The molecule has 0 fully saturated rings. The van der Waals surface area contributed by atoms with Crippen LogP contribution in [0.3, 0.4) is 0 Å². The van der Waals surface area contributed by atoms with E-state index in [-0.39, 0.29) is 29.1 Å². The Kier molecular flexibility index (Phi) is 7.17. The Morgan fingerprint density at radius 1 is 1.54 bits per heavy atom. The number of ether oxygens (including phenoxy) is 1. The van der Waals surface area contributed by atoms with Crippen LogP contribution in [0.4, 0.5) is 0 Å². The van der Waals surface area contributed by atoms with Crippen LogP contribution in [-0.4, -0.2) is 44.2 Å². The molecular weight excluding hydrogens is 234 g/mol. The third-order valence-electron chi connectivity index (χ3n) is 1.29. The number of hydrogen-bond donors (Lipinski definition) is 0. The fourth-order valence-electron chi connectivity index (χ4n) is 1.05. The van der Waals surface area contributed by atoms with E-state index < -0.39 is 0 Å². The molecular formula is C9H18BrNO2. The summed E-state index contributed by atoms with van der Waals surface area (Å²) in [6.07, 6.45) is 1.13. The fraction of sp³-hybridized carbons (Fsp3) is 0.667. The largest absolute Gasteiger partial charge is 1.00 e. The maximum atomic E-state index is 10.8. The number of carbonyl (C=O) groups is 1. The van der Waals surface area contributed by atoms with Crippen molar-refractivity contribution in [3.63, 3.8) is 0 Å². The van der Waals surface area contributed by atoms with Crippen molar-refractivity contribution in [2.24, 2.45) is 0 Å². The van der Waals surface area contributed by atoms with Gasteiger partial charge in [0.1, 0.15) is 12.6 Å². The minimum absolute atomic E-state index is 0. The van der Waals surface area contributed by atoms with Gasteiger partial charge < -0.3 is 26.2 Å². The van der Waals surface area contributed by atoms with Crippen molar-refractivity contribution >= 4 is 5.97 Å². The number of rotatable bonds is 4. The predicted molar refractivity (Wildman–Crippen MR) is 48.7 cm³/mol. The molecule has 0 aliphatic heterocycles. The molecule has 0 aromatic carbocycles. The number of quaternary nitrogens is 1. The lowest BCUT2D eigenvalue weighted by molar-refractivity contribution is -0.873. The summed E-state index contributed by atoms with van der Waals surface area (Å²) in [4.78, 5) is 10.8. The van der Waals surface area contributed by atoms with Gasteiger partial charge in [-0.3, -0.25) is 0 Å². The van der Waals surface area contributed by atoms with Crippen molar-refractivity contribution in [1.29, 1.82) is 0 Å². The molecule has 0 aromatic heterocycles. The first-order valence-electron chi connectivity index (χ1n) is 3.98. The Balaban J connectivity index is 0. The van der Waals surface area contributed by atoms with Crippen LogP contribution in [-0.2, 0) is 9.53 Å². The number of likely N-dealkylation sites (N-methyl/N-ethyl adjacent to an activating group) is 1. The Morgan fingerprint density at radius 2 is 2.00 bits per heavy atom. The number of nitrogens with zero attached hydrogens (tertiary/aromatic N) is 1. The first kappa shape index (κ1) is 15.1. The second-order valence-electron chi connectivity index (χ2n) is 3.92. The molecule has 0 rings (SSSR count). The van der Waals surface area contributed by atoms with Gasteiger partial charge in [-0.05, 0) is 6.92 Å². The molecule has 0 amide bonds. The third-order valence-corrected chi connectivity index (χ3v) is 1.29. The van der Waals surface area contributed by atoms with Crippen molar-refractivity contribution in [3.05, 3.63) is 12.7 Å². The highest BCUT2D eigenvalue weighted by atomic mass is 79.9. The summed E-state index contributed by atoms with van der Waals surface area (Å²) in [6, 6.07) is 0. The average Bonchev–Trinajstić information content (AvgIpc) is 1.82. The Bertz CT molecular complexity index is 175. The normalized spacial score (nSPS) is 12.6. The van der Waals surface area contributed by atoms with E-state index in [1.54, 1.807) is 0 Å².